The van der Waals surface area contributed by atoms with E-state index < -0.39 is 23.1 Å². The molecule has 0 unspecified atom stereocenters. The molecule has 1 aromatic rings. The van der Waals surface area contributed by atoms with Gasteiger partial charge in [0.1, 0.15) is 5.69 Å². The molecule has 1 rings (SSSR count). The second kappa shape index (κ2) is 7.31. The molecule has 0 aliphatic heterocycles. The van der Waals surface area contributed by atoms with E-state index >= 15 is 0 Å². The summed E-state index contributed by atoms with van der Waals surface area (Å²) >= 11 is 0. The predicted molar refractivity (Wildman–Crippen MR) is 69.7 cm³/mol. The van der Waals surface area contributed by atoms with Gasteiger partial charge in [-0.3, -0.25) is 9.36 Å². The highest BCUT2D eigenvalue weighted by atomic mass is 19.4. The number of rotatable bonds is 7. The highest BCUT2D eigenvalue weighted by Crippen LogP contribution is 2.25. The first-order valence-electron chi connectivity index (χ1n) is 6.77. The Labute approximate surface area is 114 Å². The van der Waals surface area contributed by atoms with Crippen LogP contribution >= 0.6 is 0 Å². The van der Waals surface area contributed by atoms with Crippen molar-refractivity contribution in [2.75, 3.05) is 0 Å². The molecule has 0 aliphatic carbocycles. The molecule has 0 saturated carbocycles. The van der Waals surface area contributed by atoms with Crippen LogP contribution in [0.3, 0.4) is 0 Å². The second-order valence-electron chi connectivity index (χ2n) is 4.74. The van der Waals surface area contributed by atoms with E-state index in [1.54, 1.807) is 4.98 Å². The van der Waals surface area contributed by atoms with Gasteiger partial charge in [-0.2, -0.15) is 13.2 Å². The summed E-state index contributed by atoms with van der Waals surface area (Å²) < 4.78 is 38.0. The van der Waals surface area contributed by atoms with Crippen LogP contribution in [0.15, 0.2) is 15.7 Å². The van der Waals surface area contributed by atoms with Gasteiger partial charge in [-0.15, -0.1) is 0 Å². The maximum atomic E-state index is 12.4. The molecule has 1 heterocycles. The summed E-state index contributed by atoms with van der Waals surface area (Å²) in [5.41, 5.74) is -3.21. The Bertz CT molecular complexity index is 500. The van der Waals surface area contributed by atoms with Crippen molar-refractivity contribution in [3.05, 3.63) is 32.6 Å². The van der Waals surface area contributed by atoms with Crippen LogP contribution in [0, 0.1) is 0 Å². The molecule has 0 atom stereocenters. The summed E-state index contributed by atoms with van der Waals surface area (Å²) in [7, 11) is 0. The standard InChI is InChI=1S/C13H19F3N2O2/c1-2-3-4-5-6-7-8-18-11(19)9-10(13(14,15)16)17-12(18)20/h9H,2-8H2,1H3,(H,17,20). The minimum Gasteiger partial charge on any atom is -0.303 e. The van der Waals surface area contributed by atoms with Gasteiger partial charge in [0.05, 0.1) is 0 Å². The lowest BCUT2D eigenvalue weighted by Crippen LogP contribution is -2.37. The van der Waals surface area contributed by atoms with Crippen LogP contribution < -0.4 is 11.2 Å². The van der Waals surface area contributed by atoms with Crippen LogP contribution in [0.1, 0.15) is 51.1 Å². The average molecular weight is 292 g/mol. The fourth-order valence-electron chi connectivity index (χ4n) is 1.93. The molecule has 1 aromatic heterocycles. The normalized spacial score (nSPS) is 11.8. The van der Waals surface area contributed by atoms with Gasteiger partial charge in [0.25, 0.3) is 5.56 Å². The van der Waals surface area contributed by atoms with Gasteiger partial charge in [0, 0.05) is 12.6 Å². The number of aromatic nitrogens is 2. The summed E-state index contributed by atoms with van der Waals surface area (Å²) in [6, 6.07) is 0.429. The first-order valence-corrected chi connectivity index (χ1v) is 6.77. The molecule has 0 fully saturated rings. The van der Waals surface area contributed by atoms with E-state index in [0.29, 0.717) is 12.5 Å². The molecule has 4 nitrogen and oxygen atoms in total. The van der Waals surface area contributed by atoms with Crippen LogP contribution in [0.4, 0.5) is 13.2 Å². The highest BCUT2D eigenvalue weighted by Gasteiger charge is 2.32. The van der Waals surface area contributed by atoms with E-state index in [9.17, 15) is 22.8 Å². The summed E-state index contributed by atoms with van der Waals surface area (Å²) in [5, 5.41) is 0. The first-order chi connectivity index (χ1) is 9.36. The van der Waals surface area contributed by atoms with Crippen molar-refractivity contribution in [2.45, 2.75) is 58.2 Å². The van der Waals surface area contributed by atoms with Gasteiger partial charge in [-0.25, -0.2) is 4.79 Å². The largest absolute Gasteiger partial charge is 0.431 e. The van der Waals surface area contributed by atoms with E-state index in [1.165, 1.54) is 0 Å². The van der Waals surface area contributed by atoms with Gasteiger partial charge in [-0.05, 0) is 6.42 Å². The topological polar surface area (TPSA) is 54.9 Å². The smallest absolute Gasteiger partial charge is 0.303 e. The van der Waals surface area contributed by atoms with E-state index in [1.807, 2.05) is 0 Å². The van der Waals surface area contributed by atoms with Gasteiger partial charge in [-0.1, -0.05) is 39.0 Å². The summed E-state index contributed by atoms with van der Waals surface area (Å²) in [4.78, 5) is 24.7. The fraction of sp³-hybridized carbons (Fsp3) is 0.692. The van der Waals surface area contributed by atoms with E-state index in [4.69, 9.17) is 0 Å². The Morgan fingerprint density at radius 1 is 1.10 bits per heavy atom. The van der Waals surface area contributed by atoms with Crippen LogP contribution in [0.2, 0.25) is 0 Å². The number of hydrogen-bond donors (Lipinski definition) is 1. The van der Waals surface area contributed by atoms with Crippen LogP contribution in [-0.4, -0.2) is 9.55 Å². The fourth-order valence-corrected chi connectivity index (χ4v) is 1.93. The minimum absolute atomic E-state index is 0.151. The Morgan fingerprint density at radius 2 is 1.70 bits per heavy atom. The molecule has 0 amide bonds. The molecule has 0 spiro atoms. The zero-order valence-electron chi connectivity index (χ0n) is 11.4. The second-order valence-corrected chi connectivity index (χ2v) is 4.74. The third-order valence-corrected chi connectivity index (χ3v) is 3.06. The van der Waals surface area contributed by atoms with Gasteiger partial charge < -0.3 is 4.98 Å². The molecule has 0 bridgehead atoms. The van der Waals surface area contributed by atoms with E-state index in [-0.39, 0.29) is 6.54 Å². The van der Waals surface area contributed by atoms with E-state index in [2.05, 4.69) is 6.92 Å². The van der Waals surface area contributed by atoms with Crippen molar-refractivity contribution in [3.8, 4) is 0 Å². The first kappa shape index (κ1) is 16.5. The minimum atomic E-state index is -4.71. The zero-order valence-corrected chi connectivity index (χ0v) is 11.4. The number of aromatic amines is 1. The van der Waals surface area contributed by atoms with Crippen LogP contribution in [0.5, 0.6) is 0 Å². The Kier molecular flexibility index (Phi) is 6.04. The number of halogens is 3. The molecule has 0 aromatic carbocycles. The van der Waals surface area contributed by atoms with Gasteiger partial charge in [0.2, 0.25) is 0 Å². The molecule has 20 heavy (non-hydrogen) atoms. The van der Waals surface area contributed by atoms with Crippen LogP contribution in [-0.2, 0) is 12.7 Å². The molecule has 0 radical (unpaired) electrons. The third-order valence-electron chi connectivity index (χ3n) is 3.06. The monoisotopic (exact) mass is 292 g/mol. The van der Waals surface area contributed by atoms with Crippen molar-refractivity contribution < 1.29 is 13.2 Å². The lowest BCUT2D eigenvalue weighted by molar-refractivity contribution is -0.141. The Balaban J connectivity index is 2.64. The number of nitrogens with zero attached hydrogens (tertiary/aromatic N) is 1. The number of unbranched alkanes of at least 4 members (excludes halogenated alkanes) is 5. The maximum Gasteiger partial charge on any atom is 0.431 e. The van der Waals surface area contributed by atoms with Crippen molar-refractivity contribution in [3.63, 3.8) is 0 Å². The highest BCUT2D eigenvalue weighted by molar-refractivity contribution is 5.03. The third kappa shape index (κ3) is 4.86. The average Bonchev–Trinajstić information content (AvgIpc) is 2.34. The number of alkyl halides is 3. The number of H-pyrrole nitrogens is 1. The lowest BCUT2D eigenvalue weighted by Gasteiger charge is -2.08. The summed E-state index contributed by atoms with van der Waals surface area (Å²) in [5.74, 6) is 0. The molecule has 114 valence electrons. The molecular formula is C13H19F3N2O2. The van der Waals surface area contributed by atoms with Gasteiger partial charge in [0.15, 0.2) is 0 Å². The van der Waals surface area contributed by atoms with Crippen LogP contribution in [0.25, 0.3) is 0 Å². The summed E-state index contributed by atoms with van der Waals surface area (Å²) in [6.45, 7) is 2.25. The van der Waals surface area contributed by atoms with Crippen molar-refractivity contribution in [2.24, 2.45) is 0 Å². The number of hydrogen-bond acceptors (Lipinski definition) is 2. The quantitative estimate of drug-likeness (QED) is 0.786. The lowest BCUT2D eigenvalue weighted by atomic mass is 10.1. The van der Waals surface area contributed by atoms with Crippen molar-refractivity contribution in [1.82, 2.24) is 9.55 Å². The van der Waals surface area contributed by atoms with E-state index in [0.717, 1.165) is 36.7 Å². The Morgan fingerprint density at radius 3 is 2.25 bits per heavy atom. The molecule has 0 aliphatic rings. The van der Waals surface area contributed by atoms with Gasteiger partial charge >= 0.3 is 11.9 Å². The predicted octanol–water partition coefficient (Wildman–Crippen LogP) is 2.92. The maximum absolute atomic E-state index is 12.4. The van der Waals surface area contributed by atoms with Crippen molar-refractivity contribution in [1.29, 1.82) is 0 Å². The zero-order chi connectivity index (χ0) is 15.2. The van der Waals surface area contributed by atoms with Crippen molar-refractivity contribution >= 4 is 0 Å². The SMILES string of the molecule is CCCCCCCCn1c(=O)cc(C(F)(F)F)[nH]c1=O. The molecule has 0 saturated heterocycles. The molecule has 1 N–H and O–H groups in total. The number of nitrogens with one attached hydrogen (secondary N) is 1. The Hall–Kier alpha value is -1.53. The molecule has 7 heteroatoms. The summed E-state index contributed by atoms with van der Waals surface area (Å²) in [6.07, 6.45) is 1.11. The molecular weight excluding hydrogens is 273 g/mol.